The molecular weight excluding hydrogens is 436 g/mol. The van der Waals surface area contributed by atoms with Crippen LogP contribution < -0.4 is 0 Å². The predicted octanol–water partition coefficient (Wildman–Crippen LogP) is 9.72. The van der Waals surface area contributed by atoms with Gasteiger partial charge >= 0.3 is 0 Å². The van der Waals surface area contributed by atoms with Crippen molar-refractivity contribution in [2.45, 2.75) is 118 Å². The zero-order chi connectivity index (χ0) is 25.8. The molecule has 0 unspecified atom stereocenters. The van der Waals surface area contributed by atoms with Gasteiger partial charge in [0.1, 0.15) is 0 Å². The van der Waals surface area contributed by atoms with E-state index in [0.717, 1.165) is 13.1 Å². The van der Waals surface area contributed by atoms with Crippen LogP contribution in [0.3, 0.4) is 0 Å². The van der Waals surface area contributed by atoms with Crippen molar-refractivity contribution in [3.8, 4) is 11.1 Å². The smallest absolute Gasteiger partial charge is 0.0233 e. The summed E-state index contributed by atoms with van der Waals surface area (Å²) in [5.41, 5.74) is 5.62. The van der Waals surface area contributed by atoms with E-state index in [1.807, 2.05) is 0 Å². The molecule has 0 atom stereocenters. The van der Waals surface area contributed by atoms with Crippen molar-refractivity contribution in [3.05, 3.63) is 59.7 Å². The second-order valence-electron chi connectivity index (χ2n) is 10.8. The van der Waals surface area contributed by atoms with Crippen LogP contribution >= 0.6 is 0 Å². The second kappa shape index (κ2) is 19.5. The lowest BCUT2D eigenvalue weighted by atomic mass is 10.0. The molecule has 36 heavy (non-hydrogen) atoms. The molecule has 2 heteroatoms. The van der Waals surface area contributed by atoms with Crippen LogP contribution in [0.15, 0.2) is 48.5 Å². The van der Waals surface area contributed by atoms with E-state index in [2.05, 4.69) is 86.0 Å². The first-order valence-corrected chi connectivity index (χ1v) is 15.3. The molecule has 0 radical (unpaired) electrons. The standard InChI is InChI=1S/C34H56N2/c1-5-9-13-15-25-35(23-11-7-3)29-31-19-17-21-33(27-31)34-22-18-20-32(28-34)30-36(24-12-8-4)26-16-14-10-6-2/h17-22,27-28H,5-16,23-26,29-30H2,1-4H3. The summed E-state index contributed by atoms with van der Waals surface area (Å²) < 4.78 is 0. The molecule has 0 aliphatic carbocycles. The molecular formula is C34H56N2. The fraction of sp³-hybridized carbons (Fsp3) is 0.647. The van der Waals surface area contributed by atoms with Gasteiger partial charge < -0.3 is 0 Å². The predicted molar refractivity (Wildman–Crippen MR) is 161 cm³/mol. The Labute approximate surface area is 224 Å². The van der Waals surface area contributed by atoms with Crippen LogP contribution in [-0.4, -0.2) is 36.0 Å². The number of hydrogen-bond donors (Lipinski definition) is 0. The molecule has 2 rings (SSSR count). The van der Waals surface area contributed by atoms with Crippen LogP contribution in [0.25, 0.3) is 11.1 Å². The van der Waals surface area contributed by atoms with Crippen LogP contribution in [-0.2, 0) is 13.1 Å². The highest BCUT2D eigenvalue weighted by Gasteiger charge is 2.09. The van der Waals surface area contributed by atoms with Crippen LogP contribution in [0.1, 0.15) is 116 Å². The molecule has 2 aromatic carbocycles. The summed E-state index contributed by atoms with van der Waals surface area (Å²) in [6, 6.07) is 18.6. The van der Waals surface area contributed by atoms with Gasteiger partial charge in [0.05, 0.1) is 0 Å². The highest BCUT2D eigenvalue weighted by molar-refractivity contribution is 5.65. The van der Waals surface area contributed by atoms with E-state index >= 15 is 0 Å². The number of unbranched alkanes of at least 4 members (excludes halogenated alkanes) is 8. The summed E-state index contributed by atoms with van der Waals surface area (Å²) in [6.45, 7) is 16.2. The van der Waals surface area contributed by atoms with Gasteiger partial charge in [-0.25, -0.2) is 0 Å². The van der Waals surface area contributed by atoms with Crippen LogP contribution in [0.5, 0.6) is 0 Å². The van der Waals surface area contributed by atoms with Gasteiger partial charge in [-0.2, -0.15) is 0 Å². The molecule has 0 saturated carbocycles. The molecule has 0 fully saturated rings. The lowest BCUT2D eigenvalue weighted by molar-refractivity contribution is 0.255. The summed E-state index contributed by atoms with van der Waals surface area (Å²) in [6.07, 6.45) is 15.8. The maximum atomic E-state index is 2.68. The van der Waals surface area contributed by atoms with Crippen LogP contribution in [0.4, 0.5) is 0 Å². The maximum Gasteiger partial charge on any atom is 0.0233 e. The van der Waals surface area contributed by atoms with E-state index in [9.17, 15) is 0 Å². The van der Waals surface area contributed by atoms with Gasteiger partial charge in [0.25, 0.3) is 0 Å². The Morgan fingerprint density at radius 1 is 0.444 bits per heavy atom. The van der Waals surface area contributed by atoms with Crippen molar-refractivity contribution < 1.29 is 0 Å². The molecule has 202 valence electrons. The molecule has 0 spiro atoms. The lowest BCUT2D eigenvalue weighted by Crippen LogP contribution is -2.25. The normalized spacial score (nSPS) is 11.6. The Bertz CT molecular complexity index is 732. The quantitative estimate of drug-likeness (QED) is 0.160. The van der Waals surface area contributed by atoms with Gasteiger partial charge in [0.15, 0.2) is 0 Å². The summed E-state index contributed by atoms with van der Waals surface area (Å²) in [5.74, 6) is 0. The first-order valence-electron chi connectivity index (χ1n) is 15.3. The van der Waals surface area contributed by atoms with Gasteiger partial charge in [0.2, 0.25) is 0 Å². The van der Waals surface area contributed by atoms with Crippen LogP contribution in [0, 0.1) is 0 Å². The molecule has 2 aromatic rings. The van der Waals surface area contributed by atoms with E-state index < -0.39 is 0 Å². The summed E-state index contributed by atoms with van der Waals surface area (Å²) >= 11 is 0. The fourth-order valence-corrected chi connectivity index (χ4v) is 5.04. The van der Waals surface area contributed by atoms with E-state index in [1.165, 1.54) is 125 Å². The van der Waals surface area contributed by atoms with Crippen molar-refractivity contribution in [2.24, 2.45) is 0 Å². The number of benzene rings is 2. The highest BCUT2D eigenvalue weighted by Crippen LogP contribution is 2.23. The second-order valence-corrected chi connectivity index (χ2v) is 10.8. The van der Waals surface area contributed by atoms with Crippen molar-refractivity contribution in [1.29, 1.82) is 0 Å². The molecule has 0 heterocycles. The van der Waals surface area contributed by atoms with E-state index in [4.69, 9.17) is 0 Å². The molecule has 0 aliphatic rings. The Kier molecular flexibility index (Phi) is 16.5. The molecule has 0 bridgehead atoms. The molecule has 0 aromatic heterocycles. The SMILES string of the molecule is CCCCCCN(CCCC)Cc1cccc(-c2cccc(CN(CCCC)CCCCCC)c2)c1. The third-order valence-corrected chi connectivity index (χ3v) is 7.31. The topological polar surface area (TPSA) is 6.48 Å². The molecule has 0 amide bonds. The van der Waals surface area contributed by atoms with Gasteiger partial charge in [-0.3, -0.25) is 9.80 Å². The number of rotatable bonds is 21. The Hall–Kier alpha value is -1.64. The van der Waals surface area contributed by atoms with E-state index in [0.29, 0.717) is 0 Å². The van der Waals surface area contributed by atoms with E-state index in [-0.39, 0.29) is 0 Å². The average Bonchev–Trinajstić information content (AvgIpc) is 2.90. The molecule has 0 aliphatic heterocycles. The first-order chi connectivity index (χ1) is 17.7. The minimum absolute atomic E-state index is 1.07. The van der Waals surface area contributed by atoms with E-state index in [1.54, 1.807) is 0 Å². The zero-order valence-electron chi connectivity index (χ0n) is 24.2. The van der Waals surface area contributed by atoms with Gasteiger partial charge in [-0.05, 0) is 86.2 Å². The lowest BCUT2D eigenvalue weighted by Gasteiger charge is -2.23. The highest BCUT2D eigenvalue weighted by atomic mass is 15.1. The third-order valence-electron chi connectivity index (χ3n) is 7.31. The van der Waals surface area contributed by atoms with Crippen LogP contribution in [0.2, 0.25) is 0 Å². The average molecular weight is 493 g/mol. The summed E-state index contributed by atoms with van der Waals surface area (Å²) in [4.78, 5) is 5.36. The Balaban J connectivity index is 2.06. The fourth-order valence-electron chi connectivity index (χ4n) is 5.04. The monoisotopic (exact) mass is 492 g/mol. The van der Waals surface area contributed by atoms with Gasteiger partial charge in [-0.15, -0.1) is 0 Å². The largest absolute Gasteiger partial charge is 0.299 e. The number of hydrogen-bond acceptors (Lipinski definition) is 2. The van der Waals surface area contributed by atoms with Gasteiger partial charge in [-0.1, -0.05) is 115 Å². The zero-order valence-corrected chi connectivity index (χ0v) is 24.2. The van der Waals surface area contributed by atoms with Crippen molar-refractivity contribution in [1.82, 2.24) is 9.80 Å². The molecule has 0 saturated heterocycles. The maximum absolute atomic E-state index is 2.68. The minimum Gasteiger partial charge on any atom is -0.299 e. The molecule has 2 nitrogen and oxygen atoms in total. The Morgan fingerprint density at radius 2 is 0.833 bits per heavy atom. The van der Waals surface area contributed by atoms with Crippen molar-refractivity contribution >= 4 is 0 Å². The third kappa shape index (κ3) is 12.5. The Morgan fingerprint density at radius 3 is 1.22 bits per heavy atom. The minimum atomic E-state index is 1.07. The van der Waals surface area contributed by atoms with Gasteiger partial charge in [0, 0.05) is 13.1 Å². The van der Waals surface area contributed by atoms with Crippen molar-refractivity contribution in [3.63, 3.8) is 0 Å². The molecule has 0 N–H and O–H groups in total. The first kappa shape index (κ1) is 30.6. The van der Waals surface area contributed by atoms with Crippen molar-refractivity contribution in [2.75, 3.05) is 26.2 Å². The number of nitrogens with zero attached hydrogens (tertiary/aromatic N) is 2. The summed E-state index contributed by atoms with van der Waals surface area (Å²) in [5, 5.41) is 0. The summed E-state index contributed by atoms with van der Waals surface area (Å²) in [7, 11) is 0.